The third-order valence-electron chi connectivity index (χ3n) is 4.66. The zero-order valence-electron chi connectivity index (χ0n) is 22.6. The first kappa shape index (κ1) is 32.7. The van der Waals surface area contributed by atoms with Gasteiger partial charge in [0.2, 0.25) is 0 Å². The molecule has 0 spiro atoms. The predicted molar refractivity (Wildman–Crippen MR) is 130 cm³/mol. The van der Waals surface area contributed by atoms with E-state index in [0.717, 1.165) is 6.61 Å². The van der Waals surface area contributed by atoms with Gasteiger partial charge in [0.1, 0.15) is 0 Å². The summed E-state index contributed by atoms with van der Waals surface area (Å²) in [5.74, 6) is 0.522. The Morgan fingerprint density at radius 3 is 0.788 bits per heavy atom. The average molecular weight is 481 g/mol. The highest BCUT2D eigenvalue weighted by atomic mass is 16.6. The molecule has 200 valence electrons. The number of ether oxygens (including phenoxy) is 7. The van der Waals surface area contributed by atoms with Gasteiger partial charge in [0.15, 0.2) is 0 Å². The summed E-state index contributed by atoms with van der Waals surface area (Å²) in [6, 6.07) is 0. The fourth-order valence-corrected chi connectivity index (χ4v) is 2.50. The number of hydrogen-bond acceptors (Lipinski definition) is 8. The first-order chi connectivity index (χ1) is 15.5. The quantitative estimate of drug-likeness (QED) is 0.252. The van der Waals surface area contributed by atoms with Gasteiger partial charge in [-0.3, -0.25) is 0 Å². The van der Waals surface area contributed by atoms with E-state index >= 15 is 0 Å². The number of rotatable bonds is 22. The van der Waals surface area contributed by atoms with Crippen LogP contribution in [-0.4, -0.2) is 101 Å². The molecule has 0 aliphatic carbocycles. The lowest BCUT2D eigenvalue weighted by Gasteiger charge is -2.23. The molecule has 8 heteroatoms. The summed E-state index contributed by atoms with van der Waals surface area (Å²) in [6.07, 6.45) is -0.281. The summed E-state index contributed by atoms with van der Waals surface area (Å²) >= 11 is 0. The first-order valence-corrected chi connectivity index (χ1v) is 12.4. The van der Waals surface area contributed by atoms with Crippen LogP contribution in [0.1, 0.15) is 62.3 Å². The van der Waals surface area contributed by atoms with Gasteiger partial charge in [-0.1, -0.05) is 13.8 Å². The Kier molecular flexibility index (Phi) is 19.7. The summed E-state index contributed by atoms with van der Waals surface area (Å²) in [5, 5.41) is 8.97. The van der Waals surface area contributed by atoms with Crippen LogP contribution in [0.4, 0.5) is 0 Å². The third kappa shape index (κ3) is 20.7. The number of aliphatic hydroxyl groups excluding tert-OH is 1. The summed E-state index contributed by atoms with van der Waals surface area (Å²) in [6.45, 7) is 21.7. The molecule has 0 aromatic rings. The van der Waals surface area contributed by atoms with Crippen molar-refractivity contribution in [3.05, 3.63) is 0 Å². The highest BCUT2D eigenvalue weighted by Crippen LogP contribution is 2.05. The van der Waals surface area contributed by atoms with Crippen molar-refractivity contribution in [3.63, 3.8) is 0 Å². The molecule has 0 saturated heterocycles. The summed E-state index contributed by atoms with van der Waals surface area (Å²) < 4.78 is 40.2. The zero-order valence-corrected chi connectivity index (χ0v) is 22.6. The topological polar surface area (TPSA) is 84.8 Å². The van der Waals surface area contributed by atoms with Crippen LogP contribution in [0.5, 0.6) is 0 Å². The average Bonchev–Trinajstić information content (AvgIpc) is 2.78. The van der Waals surface area contributed by atoms with E-state index in [1.54, 1.807) is 0 Å². The molecule has 7 atom stereocenters. The molecule has 0 amide bonds. The molecule has 8 nitrogen and oxygen atoms in total. The maximum Gasteiger partial charge on any atom is 0.0781 e. The van der Waals surface area contributed by atoms with E-state index < -0.39 is 0 Å². The highest BCUT2D eigenvalue weighted by molar-refractivity contribution is 4.59. The van der Waals surface area contributed by atoms with Crippen molar-refractivity contribution >= 4 is 0 Å². The molecule has 1 N–H and O–H groups in total. The van der Waals surface area contributed by atoms with Crippen LogP contribution < -0.4 is 0 Å². The van der Waals surface area contributed by atoms with E-state index in [9.17, 15) is 0 Å². The minimum Gasteiger partial charge on any atom is -0.394 e. The molecule has 0 aromatic carbocycles. The Morgan fingerprint density at radius 2 is 0.576 bits per heavy atom. The van der Waals surface area contributed by atoms with E-state index in [2.05, 4.69) is 13.8 Å². The largest absolute Gasteiger partial charge is 0.394 e. The Bertz CT molecular complexity index is 437. The number of aliphatic hydroxyl groups is 1. The Hall–Kier alpha value is -0.320. The van der Waals surface area contributed by atoms with Crippen LogP contribution in [0.2, 0.25) is 0 Å². The second kappa shape index (κ2) is 19.9. The van der Waals surface area contributed by atoms with E-state index in [-0.39, 0.29) is 49.3 Å². The van der Waals surface area contributed by atoms with Gasteiger partial charge in [-0.2, -0.15) is 0 Å². The van der Waals surface area contributed by atoms with Crippen LogP contribution >= 0.6 is 0 Å². The maximum absolute atomic E-state index is 8.97. The van der Waals surface area contributed by atoms with Crippen molar-refractivity contribution in [2.45, 2.75) is 105 Å². The van der Waals surface area contributed by atoms with Gasteiger partial charge in [0, 0.05) is 6.61 Å². The van der Waals surface area contributed by atoms with Crippen molar-refractivity contribution < 1.29 is 38.3 Å². The van der Waals surface area contributed by atoms with E-state index in [0.29, 0.717) is 45.6 Å². The smallest absolute Gasteiger partial charge is 0.0781 e. The van der Waals surface area contributed by atoms with Gasteiger partial charge < -0.3 is 38.3 Å². The SMILES string of the molecule is CC(C)COC(C)COC(C)COC(C)COC(C)COC(C)COC(C)COC(C)CO. The molecule has 0 aromatic heterocycles. The molecular weight excluding hydrogens is 428 g/mol. The zero-order chi connectivity index (χ0) is 25.2. The summed E-state index contributed by atoms with van der Waals surface area (Å²) in [4.78, 5) is 0. The van der Waals surface area contributed by atoms with Crippen molar-refractivity contribution in [2.24, 2.45) is 5.92 Å². The van der Waals surface area contributed by atoms with Crippen LogP contribution in [-0.2, 0) is 33.2 Å². The van der Waals surface area contributed by atoms with Crippen LogP contribution in [0.25, 0.3) is 0 Å². The third-order valence-corrected chi connectivity index (χ3v) is 4.66. The van der Waals surface area contributed by atoms with Crippen LogP contribution in [0.15, 0.2) is 0 Å². The van der Waals surface area contributed by atoms with E-state index in [4.69, 9.17) is 38.3 Å². The Morgan fingerprint density at radius 1 is 0.364 bits per heavy atom. The molecule has 0 rings (SSSR count). The Labute approximate surface area is 202 Å². The molecule has 0 saturated carbocycles. The molecule has 0 fully saturated rings. The lowest BCUT2D eigenvalue weighted by molar-refractivity contribution is -0.107. The standard InChI is InChI=1S/C25H52O8/c1-18(2)11-27-20(4)13-29-22(6)15-31-24(8)17-33-25(9)16-32-23(7)14-30-21(5)12-28-19(3)10-26/h18-26H,10-17H2,1-9H3. The van der Waals surface area contributed by atoms with E-state index in [1.165, 1.54) is 0 Å². The van der Waals surface area contributed by atoms with Gasteiger partial charge >= 0.3 is 0 Å². The van der Waals surface area contributed by atoms with Gasteiger partial charge in [-0.15, -0.1) is 0 Å². The van der Waals surface area contributed by atoms with E-state index in [1.807, 2.05) is 48.5 Å². The normalized spacial score (nSPS) is 18.6. The van der Waals surface area contributed by atoms with Crippen LogP contribution in [0.3, 0.4) is 0 Å². The second-order valence-electron chi connectivity index (χ2n) is 9.58. The van der Waals surface area contributed by atoms with Gasteiger partial charge in [0.25, 0.3) is 0 Å². The molecule has 0 bridgehead atoms. The predicted octanol–water partition coefficient (Wildman–Crippen LogP) is 3.47. The molecule has 0 aliphatic rings. The molecule has 0 aliphatic heterocycles. The van der Waals surface area contributed by atoms with Crippen molar-refractivity contribution in [3.8, 4) is 0 Å². The molecule has 33 heavy (non-hydrogen) atoms. The fourth-order valence-electron chi connectivity index (χ4n) is 2.50. The first-order valence-electron chi connectivity index (χ1n) is 12.4. The maximum atomic E-state index is 8.97. The van der Waals surface area contributed by atoms with Crippen LogP contribution in [0, 0.1) is 5.92 Å². The summed E-state index contributed by atoms with van der Waals surface area (Å²) in [7, 11) is 0. The molecule has 0 radical (unpaired) electrons. The molecule has 7 unspecified atom stereocenters. The Balaban J connectivity index is 3.81. The second-order valence-corrected chi connectivity index (χ2v) is 9.58. The fraction of sp³-hybridized carbons (Fsp3) is 1.00. The highest BCUT2D eigenvalue weighted by Gasteiger charge is 2.14. The number of hydrogen-bond donors (Lipinski definition) is 1. The van der Waals surface area contributed by atoms with Gasteiger partial charge in [-0.25, -0.2) is 0 Å². The lowest BCUT2D eigenvalue weighted by atomic mass is 10.2. The minimum absolute atomic E-state index is 0.00111. The minimum atomic E-state index is -0.178. The van der Waals surface area contributed by atoms with Crippen molar-refractivity contribution in [1.29, 1.82) is 0 Å². The van der Waals surface area contributed by atoms with Gasteiger partial charge in [-0.05, 0) is 54.4 Å². The molecular formula is C25H52O8. The summed E-state index contributed by atoms with van der Waals surface area (Å²) in [5.41, 5.74) is 0. The van der Waals surface area contributed by atoms with Crippen molar-refractivity contribution in [2.75, 3.05) is 52.9 Å². The van der Waals surface area contributed by atoms with Crippen molar-refractivity contribution in [1.82, 2.24) is 0 Å². The molecule has 0 heterocycles. The lowest BCUT2D eigenvalue weighted by Crippen LogP contribution is -2.30. The van der Waals surface area contributed by atoms with Gasteiger partial charge in [0.05, 0.1) is 89.0 Å². The monoisotopic (exact) mass is 480 g/mol.